The van der Waals surface area contributed by atoms with Gasteiger partial charge in [-0.15, -0.1) is 0 Å². The van der Waals surface area contributed by atoms with E-state index in [-0.39, 0.29) is 21.7 Å². The summed E-state index contributed by atoms with van der Waals surface area (Å²) in [6, 6.07) is 10.5. The first kappa shape index (κ1) is 26.4. The van der Waals surface area contributed by atoms with E-state index in [2.05, 4.69) is 29.2 Å². The fraction of sp³-hybridized carbons (Fsp3) is 0.391. The topological polar surface area (TPSA) is 106 Å². The minimum atomic E-state index is -3.93. The molecule has 2 aromatic carbocycles. The molecule has 3 N–H and O–H groups in total. The molecule has 2 aromatic rings. The Bertz CT molecular complexity index is 1100. The van der Waals surface area contributed by atoms with Crippen molar-refractivity contribution in [1.82, 2.24) is 15.4 Å². The third kappa shape index (κ3) is 6.82. The van der Waals surface area contributed by atoms with Crippen molar-refractivity contribution in [2.45, 2.75) is 37.5 Å². The number of amides is 1. The Balaban J connectivity index is 2.16. The molecule has 0 bridgehead atoms. The Hall–Kier alpha value is -2.85. The Kier molecular flexibility index (Phi) is 9.48. The van der Waals surface area contributed by atoms with E-state index in [1.807, 2.05) is 12.1 Å². The van der Waals surface area contributed by atoms with Crippen LogP contribution < -0.4 is 24.8 Å². The van der Waals surface area contributed by atoms with Crippen molar-refractivity contribution in [3.8, 4) is 11.5 Å². The molecule has 1 amide bonds. The first-order chi connectivity index (χ1) is 15.7. The number of sulfonamides is 1. The van der Waals surface area contributed by atoms with Gasteiger partial charge in [0.15, 0.2) is 5.11 Å². The summed E-state index contributed by atoms with van der Waals surface area (Å²) >= 11 is 4.91. The average Bonchev–Trinajstić information content (AvgIpc) is 2.82. The quantitative estimate of drug-likeness (QED) is 0.437. The molecule has 0 spiro atoms. The third-order valence-corrected chi connectivity index (χ3v) is 7.13. The largest absolute Gasteiger partial charge is 0.496 e. The van der Waals surface area contributed by atoms with Crippen LogP contribution in [0.3, 0.4) is 0 Å². The van der Waals surface area contributed by atoms with Crippen molar-refractivity contribution in [2.24, 2.45) is 0 Å². The predicted octanol–water partition coefficient (Wildman–Crippen LogP) is 2.97. The average molecular weight is 494 g/mol. The van der Waals surface area contributed by atoms with E-state index >= 15 is 0 Å². The van der Waals surface area contributed by atoms with Crippen LogP contribution in [0.25, 0.3) is 0 Å². The monoisotopic (exact) mass is 493 g/mol. The lowest BCUT2D eigenvalue weighted by molar-refractivity contribution is 0.0951. The lowest BCUT2D eigenvalue weighted by Crippen LogP contribution is -2.37. The van der Waals surface area contributed by atoms with Crippen LogP contribution in [0.1, 0.15) is 47.7 Å². The molecule has 0 heterocycles. The van der Waals surface area contributed by atoms with Crippen LogP contribution in [-0.4, -0.2) is 47.2 Å². The molecule has 0 fully saturated rings. The second-order valence-corrected chi connectivity index (χ2v) is 9.50. The van der Waals surface area contributed by atoms with Crippen molar-refractivity contribution >= 4 is 33.3 Å². The van der Waals surface area contributed by atoms with Crippen LogP contribution >= 0.6 is 12.2 Å². The van der Waals surface area contributed by atoms with Gasteiger partial charge in [0.25, 0.3) is 15.9 Å². The first-order valence-corrected chi connectivity index (χ1v) is 12.4. The summed E-state index contributed by atoms with van der Waals surface area (Å²) in [5, 5.41) is 5.44. The van der Waals surface area contributed by atoms with Gasteiger partial charge in [-0.1, -0.05) is 26.0 Å². The summed E-state index contributed by atoms with van der Waals surface area (Å²) in [4.78, 5) is 12.8. The fourth-order valence-electron chi connectivity index (χ4n) is 3.18. The number of thiocarbonyl (C=S) groups is 1. The van der Waals surface area contributed by atoms with Crippen LogP contribution in [0.2, 0.25) is 0 Å². The minimum Gasteiger partial charge on any atom is -0.496 e. The van der Waals surface area contributed by atoms with Gasteiger partial charge in [-0.3, -0.25) is 9.52 Å². The van der Waals surface area contributed by atoms with Gasteiger partial charge in [0.05, 0.1) is 19.8 Å². The Morgan fingerprint density at radius 3 is 2.36 bits per heavy atom. The van der Waals surface area contributed by atoms with Crippen molar-refractivity contribution in [2.75, 3.05) is 27.8 Å². The molecule has 0 saturated carbocycles. The Morgan fingerprint density at radius 2 is 1.76 bits per heavy atom. The smallest absolute Gasteiger partial charge is 0.267 e. The second-order valence-electron chi connectivity index (χ2n) is 7.44. The van der Waals surface area contributed by atoms with Gasteiger partial charge >= 0.3 is 0 Å². The van der Waals surface area contributed by atoms with Gasteiger partial charge in [0.1, 0.15) is 16.4 Å². The van der Waals surface area contributed by atoms with E-state index in [1.165, 1.54) is 27.3 Å². The SMILES string of the molecule is CCC(C)c1ccc(OC)c(C(=O)NCCc2ccc(OC)c(S(=O)(=O)NC(=S)NC)c2)c1. The highest BCUT2D eigenvalue weighted by molar-refractivity contribution is 7.92. The van der Waals surface area contributed by atoms with Crippen LogP contribution in [0.4, 0.5) is 0 Å². The molecular weight excluding hydrogens is 462 g/mol. The maximum atomic E-state index is 12.8. The lowest BCUT2D eigenvalue weighted by Gasteiger charge is -2.15. The molecule has 1 atom stereocenters. The van der Waals surface area contributed by atoms with E-state index < -0.39 is 10.0 Å². The molecule has 0 aliphatic carbocycles. The molecule has 0 aromatic heterocycles. The van der Waals surface area contributed by atoms with E-state index in [0.29, 0.717) is 35.8 Å². The van der Waals surface area contributed by atoms with E-state index in [0.717, 1.165) is 12.0 Å². The van der Waals surface area contributed by atoms with E-state index in [4.69, 9.17) is 21.7 Å². The number of ether oxygens (including phenoxy) is 2. The number of benzene rings is 2. The summed E-state index contributed by atoms with van der Waals surface area (Å²) in [7, 11) is 0.519. The van der Waals surface area contributed by atoms with Crippen LogP contribution in [0.15, 0.2) is 41.3 Å². The van der Waals surface area contributed by atoms with Crippen LogP contribution in [0.5, 0.6) is 11.5 Å². The van der Waals surface area contributed by atoms with Crippen molar-refractivity contribution in [3.63, 3.8) is 0 Å². The maximum absolute atomic E-state index is 12.8. The molecule has 180 valence electrons. The van der Waals surface area contributed by atoms with Gasteiger partial charge in [-0.2, -0.15) is 0 Å². The standard InChI is InChI=1S/C23H31N3O5S2/c1-6-15(2)17-8-10-19(30-4)18(14-17)22(27)25-12-11-16-7-9-20(31-5)21(13-16)33(28,29)26-23(32)24-3/h7-10,13-15H,6,11-12H2,1-5H3,(H,25,27)(H2,24,26,32). The zero-order chi connectivity index (χ0) is 24.6. The molecule has 1 unspecified atom stereocenters. The molecule has 10 heteroatoms. The number of rotatable bonds is 10. The van der Waals surface area contributed by atoms with Crippen LogP contribution in [-0.2, 0) is 16.4 Å². The highest BCUT2D eigenvalue weighted by Gasteiger charge is 2.21. The summed E-state index contributed by atoms with van der Waals surface area (Å²) in [5.74, 6) is 0.774. The number of methoxy groups -OCH3 is 2. The van der Waals surface area contributed by atoms with E-state index in [9.17, 15) is 13.2 Å². The highest BCUT2D eigenvalue weighted by atomic mass is 32.2. The molecule has 33 heavy (non-hydrogen) atoms. The van der Waals surface area contributed by atoms with Gasteiger partial charge in [-0.05, 0) is 66.4 Å². The van der Waals surface area contributed by atoms with Gasteiger partial charge in [0, 0.05) is 13.6 Å². The maximum Gasteiger partial charge on any atom is 0.267 e. The van der Waals surface area contributed by atoms with Crippen molar-refractivity contribution in [3.05, 3.63) is 53.1 Å². The van der Waals surface area contributed by atoms with Crippen molar-refractivity contribution in [1.29, 1.82) is 0 Å². The first-order valence-electron chi connectivity index (χ1n) is 10.5. The van der Waals surface area contributed by atoms with Gasteiger partial charge in [0.2, 0.25) is 0 Å². The number of hydrogen-bond acceptors (Lipinski definition) is 6. The molecule has 0 radical (unpaired) electrons. The second kappa shape index (κ2) is 11.9. The fourth-order valence-corrected chi connectivity index (χ4v) is 4.68. The Labute approximate surface area is 201 Å². The molecule has 0 aliphatic heterocycles. The van der Waals surface area contributed by atoms with E-state index in [1.54, 1.807) is 18.2 Å². The number of carbonyl (C=O) groups excluding carboxylic acids is 1. The third-order valence-electron chi connectivity index (χ3n) is 5.32. The minimum absolute atomic E-state index is 0.0247. The summed E-state index contributed by atoms with van der Waals surface area (Å²) < 4.78 is 38.2. The summed E-state index contributed by atoms with van der Waals surface area (Å²) in [6.07, 6.45) is 1.38. The van der Waals surface area contributed by atoms with Gasteiger partial charge in [-0.25, -0.2) is 8.42 Å². The molecule has 2 rings (SSSR count). The van der Waals surface area contributed by atoms with Gasteiger partial charge < -0.3 is 20.1 Å². The zero-order valence-electron chi connectivity index (χ0n) is 19.5. The number of hydrogen-bond donors (Lipinski definition) is 3. The molecule has 8 nitrogen and oxygen atoms in total. The molecule has 0 saturated heterocycles. The normalized spacial score (nSPS) is 11.9. The molecular formula is C23H31N3O5S2. The number of nitrogens with one attached hydrogen (secondary N) is 3. The zero-order valence-corrected chi connectivity index (χ0v) is 21.2. The van der Waals surface area contributed by atoms with Crippen LogP contribution in [0, 0.1) is 0 Å². The predicted molar refractivity (Wildman–Crippen MR) is 133 cm³/mol. The summed E-state index contributed by atoms with van der Waals surface area (Å²) in [5.41, 5.74) is 2.26. The highest BCUT2D eigenvalue weighted by Crippen LogP contribution is 2.27. The Morgan fingerprint density at radius 1 is 1.09 bits per heavy atom. The number of carbonyl (C=O) groups is 1. The molecule has 0 aliphatic rings. The lowest BCUT2D eigenvalue weighted by atomic mass is 9.96. The van der Waals surface area contributed by atoms with Crippen molar-refractivity contribution < 1.29 is 22.7 Å². The summed E-state index contributed by atoms with van der Waals surface area (Å²) in [6.45, 7) is 4.51.